The second-order valence-corrected chi connectivity index (χ2v) is 3.33. The van der Waals surface area contributed by atoms with E-state index >= 15 is 0 Å². The first-order valence-electron chi connectivity index (χ1n) is 4.54. The zero-order valence-corrected chi connectivity index (χ0v) is 7.49. The highest BCUT2D eigenvalue weighted by atomic mass is 16.5. The summed E-state index contributed by atoms with van der Waals surface area (Å²) in [6, 6.07) is 8.25. The maximum Gasteiger partial charge on any atom is 0.0668 e. The van der Waals surface area contributed by atoms with Gasteiger partial charge >= 0.3 is 0 Å². The van der Waals surface area contributed by atoms with E-state index < -0.39 is 0 Å². The Morgan fingerprint density at radius 3 is 2.69 bits per heavy atom. The summed E-state index contributed by atoms with van der Waals surface area (Å²) in [5, 5.41) is 3.39. The second-order valence-electron chi connectivity index (χ2n) is 3.33. The monoisotopic (exact) mass is 178 g/mol. The number of hydrogen-bond acceptors (Lipinski definition) is 3. The lowest BCUT2D eigenvalue weighted by atomic mass is 10.2. The van der Waals surface area contributed by atoms with Gasteiger partial charge in [0.15, 0.2) is 0 Å². The molecule has 70 valence electrons. The van der Waals surface area contributed by atoms with Gasteiger partial charge in [-0.1, -0.05) is 0 Å². The van der Waals surface area contributed by atoms with Crippen LogP contribution in [0.3, 0.4) is 0 Å². The Kier molecular flexibility index (Phi) is 2.36. The molecule has 0 radical (unpaired) electrons. The molecule has 0 spiro atoms. The zero-order chi connectivity index (χ0) is 9.10. The van der Waals surface area contributed by atoms with Crippen LogP contribution < -0.4 is 11.1 Å². The number of hydrogen-bond donors (Lipinski definition) is 2. The second kappa shape index (κ2) is 3.66. The van der Waals surface area contributed by atoms with E-state index in [1.54, 1.807) is 0 Å². The summed E-state index contributed by atoms with van der Waals surface area (Å²) in [5.74, 6) is 0. The van der Waals surface area contributed by atoms with Gasteiger partial charge in [0, 0.05) is 18.0 Å². The molecule has 1 heterocycles. The molecule has 1 unspecified atom stereocenters. The Labute approximate surface area is 77.9 Å². The first kappa shape index (κ1) is 8.38. The van der Waals surface area contributed by atoms with Crippen LogP contribution in [0.5, 0.6) is 0 Å². The van der Waals surface area contributed by atoms with Crippen molar-refractivity contribution in [1.29, 1.82) is 0 Å². The Balaban J connectivity index is 1.97. The van der Waals surface area contributed by atoms with Gasteiger partial charge in [0.1, 0.15) is 0 Å². The van der Waals surface area contributed by atoms with Crippen LogP contribution in [0.4, 0.5) is 11.4 Å². The third-order valence-corrected chi connectivity index (χ3v) is 2.21. The summed E-state index contributed by atoms with van der Waals surface area (Å²) >= 11 is 0. The number of benzene rings is 1. The van der Waals surface area contributed by atoms with Gasteiger partial charge < -0.3 is 15.8 Å². The molecule has 13 heavy (non-hydrogen) atoms. The van der Waals surface area contributed by atoms with Gasteiger partial charge in [0.05, 0.1) is 12.6 Å². The van der Waals surface area contributed by atoms with Crippen LogP contribution in [0.25, 0.3) is 0 Å². The van der Waals surface area contributed by atoms with E-state index in [1.807, 2.05) is 24.3 Å². The fourth-order valence-electron chi connectivity index (χ4n) is 1.46. The van der Waals surface area contributed by atoms with Crippen molar-refractivity contribution in [3.05, 3.63) is 24.3 Å². The molecule has 1 fully saturated rings. The molecule has 1 aliphatic heterocycles. The van der Waals surface area contributed by atoms with E-state index in [-0.39, 0.29) is 0 Å². The number of rotatable bonds is 2. The van der Waals surface area contributed by atoms with Gasteiger partial charge in [-0.05, 0) is 30.7 Å². The van der Waals surface area contributed by atoms with E-state index in [0.29, 0.717) is 6.04 Å². The van der Waals surface area contributed by atoms with Crippen molar-refractivity contribution in [2.24, 2.45) is 0 Å². The van der Waals surface area contributed by atoms with Crippen LogP contribution in [0.1, 0.15) is 6.42 Å². The highest BCUT2D eigenvalue weighted by Gasteiger charge is 2.14. The van der Waals surface area contributed by atoms with Crippen LogP contribution in [-0.4, -0.2) is 19.3 Å². The molecule has 0 aliphatic carbocycles. The first-order chi connectivity index (χ1) is 6.34. The number of nitrogens with two attached hydrogens (primary N) is 1. The van der Waals surface area contributed by atoms with Gasteiger partial charge in [-0.2, -0.15) is 0 Å². The van der Waals surface area contributed by atoms with E-state index in [1.165, 1.54) is 0 Å². The van der Waals surface area contributed by atoms with E-state index in [4.69, 9.17) is 10.5 Å². The van der Waals surface area contributed by atoms with Gasteiger partial charge in [0.25, 0.3) is 0 Å². The van der Waals surface area contributed by atoms with Gasteiger partial charge in [-0.25, -0.2) is 0 Å². The van der Waals surface area contributed by atoms with Crippen molar-refractivity contribution in [3.8, 4) is 0 Å². The predicted molar refractivity (Wildman–Crippen MR) is 53.7 cm³/mol. The Morgan fingerprint density at radius 1 is 1.31 bits per heavy atom. The summed E-state index contributed by atoms with van der Waals surface area (Å²) in [6.45, 7) is 1.68. The minimum absolute atomic E-state index is 0.462. The smallest absolute Gasteiger partial charge is 0.0668 e. The minimum atomic E-state index is 0.462. The third kappa shape index (κ3) is 2.12. The number of anilines is 2. The maximum atomic E-state index is 5.58. The molecule has 3 heteroatoms. The van der Waals surface area contributed by atoms with Gasteiger partial charge in [-0.15, -0.1) is 0 Å². The number of nitrogen functional groups attached to an aromatic ring is 1. The molecule has 0 aromatic heterocycles. The van der Waals surface area contributed by atoms with Crippen molar-refractivity contribution in [1.82, 2.24) is 0 Å². The zero-order valence-electron chi connectivity index (χ0n) is 7.49. The average Bonchev–Trinajstić information content (AvgIpc) is 2.62. The normalized spacial score (nSPS) is 21.7. The van der Waals surface area contributed by atoms with Crippen molar-refractivity contribution in [2.45, 2.75) is 12.5 Å². The SMILES string of the molecule is Nc1ccc(NC2CCOC2)cc1. The number of ether oxygens (including phenoxy) is 1. The molecule has 1 aromatic rings. The molecule has 0 saturated carbocycles. The summed E-state index contributed by atoms with van der Waals surface area (Å²) < 4.78 is 5.27. The highest BCUT2D eigenvalue weighted by Crippen LogP contribution is 2.15. The van der Waals surface area contributed by atoms with Crippen molar-refractivity contribution >= 4 is 11.4 Å². The predicted octanol–water partition coefficient (Wildman–Crippen LogP) is 1.47. The third-order valence-electron chi connectivity index (χ3n) is 2.21. The van der Waals surface area contributed by atoms with Crippen LogP contribution in [-0.2, 0) is 4.74 Å². The molecule has 2 rings (SSSR count). The summed E-state index contributed by atoms with van der Waals surface area (Å²) in [4.78, 5) is 0. The molecular weight excluding hydrogens is 164 g/mol. The molecule has 3 nitrogen and oxygen atoms in total. The Bertz CT molecular complexity index is 265. The van der Waals surface area contributed by atoms with Gasteiger partial charge in [0.2, 0.25) is 0 Å². The fraction of sp³-hybridized carbons (Fsp3) is 0.400. The highest BCUT2D eigenvalue weighted by molar-refractivity contribution is 5.51. The summed E-state index contributed by atoms with van der Waals surface area (Å²) in [5.41, 5.74) is 7.50. The maximum absolute atomic E-state index is 5.58. The quantitative estimate of drug-likeness (QED) is 0.674. The van der Waals surface area contributed by atoms with Crippen LogP contribution in [0, 0.1) is 0 Å². The summed E-state index contributed by atoms with van der Waals surface area (Å²) in [7, 11) is 0. The average molecular weight is 178 g/mol. The molecule has 1 aromatic carbocycles. The first-order valence-corrected chi connectivity index (χ1v) is 4.54. The Hall–Kier alpha value is -1.22. The lowest BCUT2D eigenvalue weighted by Crippen LogP contribution is -2.18. The van der Waals surface area contributed by atoms with E-state index in [0.717, 1.165) is 31.0 Å². The fourth-order valence-corrected chi connectivity index (χ4v) is 1.46. The van der Waals surface area contributed by atoms with Crippen LogP contribution in [0.15, 0.2) is 24.3 Å². The number of nitrogens with one attached hydrogen (secondary N) is 1. The lowest BCUT2D eigenvalue weighted by Gasteiger charge is -2.11. The molecule has 0 amide bonds. The van der Waals surface area contributed by atoms with Crippen molar-refractivity contribution < 1.29 is 4.74 Å². The molecule has 0 bridgehead atoms. The largest absolute Gasteiger partial charge is 0.399 e. The standard InChI is InChI=1S/C10H14N2O/c11-8-1-3-9(4-2-8)12-10-5-6-13-7-10/h1-4,10,12H,5-7,11H2. The molecule has 1 aliphatic rings. The van der Waals surface area contributed by atoms with E-state index in [9.17, 15) is 0 Å². The summed E-state index contributed by atoms with van der Waals surface area (Å²) in [6.07, 6.45) is 1.09. The van der Waals surface area contributed by atoms with Crippen LogP contribution >= 0.6 is 0 Å². The van der Waals surface area contributed by atoms with Gasteiger partial charge in [-0.3, -0.25) is 0 Å². The van der Waals surface area contributed by atoms with Crippen LogP contribution in [0.2, 0.25) is 0 Å². The molecular formula is C10H14N2O. The molecule has 1 atom stereocenters. The van der Waals surface area contributed by atoms with Crippen molar-refractivity contribution in [3.63, 3.8) is 0 Å². The topological polar surface area (TPSA) is 47.3 Å². The molecule has 1 saturated heterocycles. The van der Waals surface area contributed by atoms with E-state index in [2.05, 4.69) is 5.32 Å². The molecule has 3 N–H and O–H groups in total. The minimum Gasteiger partial charge on any atom is -0.399 e. The van der Waals surface area contributed by atoms with Crippen molar-refractivity contribution in [2.75, 3.05) is 24.3 Å². The Morgan fingerprint density at radius 2 is 2.08 bits per heavy atom. The lowest BCUT2D eigenvalue weighted by molar-refractivity contribution is 0.195.